The smallest absolute Gasteiger partial charge is 0.148 e. The van der Waals surface area contributed by atoms with E-state index >= 15 is 0 Å². The van der Waals surface area contributed by atoms with Crippen molar-refractivity contribution in [2.75, 3.05) is 6.61 Å². The van der Waals surface area contributed by atoms with Crippen LogP contribution in [-0.4, -0.2) is 43.7 Å². The van der Waals surface area contributed by atoms with Gasteiger partial charge in [0.05, 0.1) is 11.0 Å². The second-order valence-electron chi connectivity index (χ2n) is 7.45. The summed E-state index contributed by atoms with van der Waals surface area (Å²) in [5.41, 5.74) is 0.342. The van der Waals surface area contributed by atoms with Gasteiger partial charge in [-0.05, 0) is 31.4 Å². The molecule has 3 atom stereocenters. The zero-order valence-corrected chi connectivity index (χ0v) is 15.3. The summed E-state index contributed by atoms with van der Waals surface area (Å²) in [7, 11) is 4.25. The van der Waals surface area contributed by atoms with Gasteiger partial charge in [0.2, 0.25) is 0 Å². The molecule has 2 fully saturated rings. The highest BCUT2D eigenvalue weighted by atomic mass is 35.5. The van der Waals surface area contributed by atoms with Gasteiger partial charge < -0.3 is 4.74 Å². The number of halogens is 1. The number of aryl methyl sites for hydroxylation is 1. The lowest BCUT2D eigenvalue weighted by Gasteiger charge is -2.26. The third-order valence-corrected chi connectivity index (χ3v) is 6.59. The zero-order valence-electron chi connectivity index (χ0n) is 14.6. The van der Waals surface area contributed by atoms with Gasteiger partial charge in [-0.1, -0.05) is 25.4 Å². The van der Waals surface area contributed by atoms with Gasteiger partial charge >= 0.3 is 0 Å². The van der Waals surface area contributed by atoms with Crippen molar-refractivity contribution in [2.45, 2.75) is 56.3 Å². The molecule has 1 saturated carbocycles. The van der Waals surface area contributed by atoms with E-state index in [0.717, 1.165) is 30.5 Å². The van der Waals surface area contributed by atoms with Crippen molar-refractivity contribution in [1.29, 1.82) is 0 Å². The van der Waals surface area contributed by atoms with Gasteiger partial charge in [-0.25, -0.2) is 9.97 Å². The van der Waals surface area contributed by atoms with Crippen LogP contribution in [0.3, 0.4) is 0 Å². The largest absolute Gasteiger partial charge is 0.374 e. The van der Waals surface area contributed by atoms with E-state index in [1.807, 2.05) is 20.8 Å². The predicted molar refractivity (Wildman–Crippen MR) is 95.6 cm³/mol. The monoisotopic (exact) mass is 332 g/mol. The average molecular weight is 332 g/mol. The highest BCUT2D eigenvalue weighted by Gasteiger charge is 2.87. The number of aromatic nitrogens is 2. The van der Waals surface area contributed by atoms with Gasteiger partial charge in [0.1, 0.15) is 33.0 Å². The topological polar surface area (TPSA) is 52.1 Å². The fourth-order valence-electron chi connectivity index (χ4n) is 4.92. The quantitative estimate of drug-likeness (QED) is 0.615. The molecule has 0 N–H and O–H groups in total. The van der Waals surface area contributed by atoms with Crippen LogP contribution in [0.25, 0.3) is 0 Å². The summed E-state index contributed by atoms with van der Waals surface area (Å²) in [6, 6.07) is 0. The molecule has 23 heavy (non-hydrogen) atoms. The summed E-state index contributed by atoms with van der Waals surface area (Å²) in [6.07, 6.45) is 4.12. The van der Waals surface area contributed by atoms with E-state index in [-0.39, 0.29) is 16.9 Å². The summed E-state index contributed by atoms with van der Waals surface area (Å²) in [5, 5.41) is 0.0745. The maximum atomic E-state index is 13.5. The second kappa shape index (κ2) is 5.32. The first-order chi connectivity index (χ1) is 10.8. The summed E-state index contributed by atoms with van der Waals surface area (Å²) in [5.74, 6) is 0.167. The number of hydrogen-bond acceptors (Lipinski definition) is 4. The van der Waals surface area contributed by atoms with Gasteiger partial charge in [0.15, 0.2) is 0 Å². The number of carbonyl (C=O) groups is 1. The van der Waals surface area contributed by atoms with Crippen molar-refractivity contribution >= 4 is 33.1 Å². The lowest BCUT2D eigenvalue weighted by Crippen LogP contribution is -2.37. The first kappa shape index (κ1) is 17.0. The number of hydrogen-bond donors (Lipinski definition) is 0. The summed E-state index contributed by atoms with van der Waals surface area (Å²) >= 11 is 6.48. The van der Waals surface area contributed by atoms with E-state index in [9.17, 15) is 4.79 Å². The molecule has 1 aromatic rings. The molecule has 1 spiro atoms. The minimum atomic E-state index is -0.742. The molecule has 3 unspecified atom stereocenters. The van der Waals surface area contributed by atoms with Gasteiger partial charge in [-0.2, -0.15) is 0 Å². The summed E-state index contributed by atoms with van der Waals surface area (Å²) in [6.45, 7) is 6.65. The van der Waals surface area contributed by atoms with Crippen molar-refractivity contribution in [3.63, 3.8) is 0 Å². The molecule has 1 saturated heterocycles. The summed E-state index contributed by atoms with van der Waals surface area (Å²) < 4.78 is 6.23. The van der Waals surface area contributed by atoms with Crippen LogP contribution in [0.1, 0.15) is 44.4 Å². The van der Waals surface area contributed by atoms with Crippen LogP contribution in [-0.2, 0) is 14.9 Å². The Kier molecular flexibility index (Phi) is 3.92. The maximum Gasteiger partial charge on any atom is 0.148 e. The Hall–Kier alpha value is -0.870. The molecule has 0 bridgehead atoms. The molecule has 4 nitrogen and oxygen atoms in total. The van der Waals surface area contributed by atoms with Crippen molar-refractivity contribution in [2.24, 2.45) is 5.92 Å². The zero-order chi connectivity index (χ0) is 17.0. The van der Waals surface area contributed by atoms with E-state index in [2.05, 4.69) is 25.7 Å². The SMILES string of the molecule is BC1(B)C2(CCCO2)C1(C(=O)C(C)CC)c1c(C)ncnc1Cl. The lowest BCUT2D eigenvalue weighted by molar-refractivity contribution is -0.127. The van der Waals surface area contributed by atoms with Crippen LogP contribution in [0.15, 0.2) is 6.33 Å². The van der Waals surface area contributed by atoms with Crippen LogP contribution < -0.4 is 0 Å². The number of rotatable bonds is 4. The van der Waals surface area contributed by atoms with Crippen LogP contribution in [0.4, 0.5) is 0 Å². The number of ether oxygens (including phenoxy) is 1. The van der Waals surface area contributed by atoms with Crippen molar-refractivity contribution in [3.8, 4) is 0 Å². The minimum Gasteiger partial charge on any atom is -0.374 e. The van der Waals surface area contributed by atoms with Crippen molar-refractivity contribution < 1.29 is 9.53 Å². The predicted octanol–water partition coefficient (Wildman–Crippen LogP) is 1.24. The highest BCUT2D eigenvalue weighted by molar-refractivity contribution is 6.49. The minimum absolute atomic E-state index is 0.0477. The first-order valence-electron chi connectivity index (χ1n) is 8.43. The maximum absolute atomic E-state index is 13.5. The van der Waals surface area contributed by atoms with Crippen LogP contribution in [0.5, 0.6) is 0 Å². The molecule has 0 radical (unpaired) electrons. The van der Waals surface area contributed by atoms with Crippen molar-refractivity contribution in [3.05, 3.63) is 22.7 Å². The Morgan fingerprint density at radius 1 is 1.48 bits per heavy atom. The Morgan fingerprint density at radius 3 is 2.70 bits per heavy atom. The number of nitrogens with zero attached hydrogens (tertiary/aromatic N) is 2. The Balaban J connectivity index is 2.28. The average Bonchev–Trinajstić information content (AvgIpc) is 2.88. The van der Waals surface area contributed by atoms with E-state index in [1.165, 1.54) is 6.33 Å². The molecule has 1 aromatic heterocycles. The Labute approximate surface area is 144 Å². The number of carbonyl (C=O) groups excluding carboxylic acids is 1. The molecule has 7 heteroatoms. The molecule has 0 aromatic carbocycles. The van der Waals surface area contributed by atoms with Crippen molar-refractivity contribution in [1.82, 2.24) is 9.97 Å². The van der Waals surface area contributed by atoms with Gasteiger partial charge in [-0.15, -0.1) is 0 Å². The molecule has 1 aliphatic carbocycles. The van der Waals surface area contributed by atoms with Gasteiger partial charge in [-0.3, -0.25) is 4.79 Å². The molecule has 1 aliphatic heterocycles. The van der Waals surface area contributed by atoms with Crippen LogP contribution in [0, 0.1) is 12.8 Å². The third kappa shape index (κ3) is 1.82. The third-order valence-electron chi connectivity index (χ3n) is 6.31. The first-order valence-corrected chi connectivity index (χ1v) is 8.81. The molecule has 3 rings (SSSR count). The molecule has 122 valence electrons. The van der Waals surface area contributed by atoms with Gasteiger partial charge in [0, 0.05) is 23.8 Å². The standard InChI is InChI=1S/C16H23B2ClN2O2/c1-4-9(2)12(22)15(11-10(3)20-8-21-13(11)19)14(16(15,17)18)6-5-7-23-14/h8-9H,4-7,17-18H2,1-3H3. The van der Waals surface area contributed by atoms with Crippen LogP contribution >= 0.6 is 11.6 Å². The molecular formula is C16H23B2ClN2O2. The fourth-order valence-corrected chi connectivity index (χ4v) is 5.25. The van der Waals surface area contributed by atoms with E-state index in [0.29, 0.717) is 11.8 Å². The fraction of sp³-hybridized carbons (Fsp3) is 0.688. The molecule has 2 heterocycles. The van der Waals surface area contributed by atoms with E-state index < -0.39 is 11.0 Å². The molecule has 2 aliphatic rings. The highest BCUT2D eigenvalue weighted by Crippen LogP contribution is 2.80. The van der Waals surface area contributed by atoms with Gasteiger partial charge in [0.25, 0.3) is 0 Å². The Morgan fingerprint density at radius 2 is 2.17 bits per heavy atom. The molecular weight excluding hydrogens is 309 g/mol. The Bertz CT molecular complexity index is 641. The lowest BCUT2D eigenvalue weighted by atomic mass is 9.57. The number of Topliss-reactive ketones (excluding diaryl/α,β-unsaturated/α-hetero) is 1. The molecule has 0 amide bonds. The van der Waals surface area contributed by atoms with Crippen LogP contribution in [0.2, 0.25) is 10.4 Å². The normalized spacial score (nSPS) is 32.9. The van der Waals surface area contributed by atoms with E-state index in [4.69, 9.17) is 16.3 Å². The number of ketones is 1. The van der Waals surface area contributed by atoms with E-state index in [1.54, 1.807) is 0 Å². The summed E-state index contributed by atoms with van der Waals surface area (Å²) in [4.78, 5) is 22.1. The second-order valence-corrected chi connectivity index (χ2v) is 7.81.